The maximum atomic E-state index is 11.4. The Labute approximate surface area is 150 Å². The Bertz CT molecular complexity index is 685. The molecule has 4 heteroatoms. The van der Waals surface area contributed by atoms with E-state index in [4.69, 9.17) is 4.74 Å². The number of ether oxygens (including phenoxy) is 1. The zero-order chi connectivity index (χ0) is 17.6. The van der Waals surface area contributed by atoms with Crippen molar-refractivity contribution < 1.29 is 9.47 Å². The van der Waals surface area contributed by atoms with Crippen molar-refractivity contribution in [3.05, 3.63) is 53.5 Å². The molecule has 1 saturated heterocycles. The molecule has 1 aromatic carbocycles. The molecule has 0 radical (unpaired) electrons. The monoisotopic (exact) mass is 340 g/mol. The van der Waals surface area contributed by atoms with Gasteiger partial charge in [0.2, 0.25) is 0 Å². The third-order valence-electron chi connectivity index (χ3n) is 4.92. The molecule has 2 aromatic rings. The fourth-order valence-corrected chi connectivity index (χ4v) is 3.49. The van der Waals surface area contributed by atoms with Crippen LogP contribution in [0.25, 0.3) is 11.1 Å². The van der Waals surface area contributed by atoms with Gasteiger partial charge in [-0.25, -0.2) is 0 Å². The molecule has 1 atom stereocenters. The topological polar surface area (TPSA) is 39.4 Å². The zero-order valence-electron chi connectivity index (χ0n) is 15.3. The second-order valence-corrected chi connectivity index (χ2v) is 7.16. The van der Waals surface area contributed by atoms with E-state index in [1.807, 2.05) is 43.3 Å². The third kappa shape index (κ3) is 4.95. The molecular formula is C21H28N2O2. The highest BCUT2D eigenvalue weighted by Crippen LogP contribution is 2.22. The van der Waals surface area contributed by atoms with Crippen LogP contribution >= 0.6 is 0 Å². The molecule has 1 fully saturated rings. The SMILES string of the molecule is Cc1cc(-c2ccc(OCCCN3CCCC(C)C3)cc2)cc[n+]1[O-]. The van der Waals surface area contributed by atoms with Gasteiger partial charge in [0, 0.05) is 32.1 Å². The summed E-state index contributed by atoms with van der Waals surface area (Å²) in [6.45, 7) is 8.51. The van der Waals surface area contributed by atoms with E-state index in [-0.39, 0.29) is 0 Å². The van der Waals surface area contributed by atoms with Crippen LogP contribution in [0, 0.1) is 18.0 Å². The summed E-state index contributed by atoms with van der Waals surface area (Å²) in [7, 11) is 0. The minimum Gasteiger partial charge on any atom is -0.619 e. The van der Waals surface area contributed by atoms with Crippen molar-refractivity contribution in [3.63, 3.8) is 0 Å². The summed E-state index contributed by atoms with van der Waals surface area (Å²) in [5.41, 5.74) is 2.85. The van der Waals surface area contributed by atoms with Crippen LogP contribution in [0.2, 0.25) is 0 Å². The molecule has 0 saturated carbocycles. The van der Waals surface area contributed by atoms with E-state index >= 15 is 0 Å². The van der Waals surface area contributed by atoms with Crippen molar-refractivity contribution in [2.24, 2.45) is 5.92 Å². The Morgan fingerprint density at radius 3 is 2.72 bits per heavy atom. The van der Waals surface area contributed by atoms with Crippen LogP contribution in [0.3, 0.4) is 0 Å². The number of hydrogen-bond acceptors (Lipinski definition) is 3. The van der Waals surface area contributed by atoms with Gasteiger partial charge in [-0.15, -0.1) is 0 Å². The average molecular weight is 340 g/mol. The largest absolute Gasteiger partial charge is 0.619 e. The Morgan fingerprint density at radius 1 is 1.20 bits per heavy atom. The summed E-state index contributed by atoms with van der Waals surface area (Å²) in [6.07, 6.45) is 5.32. The molecule has 2 heterocycles. The fraction of sp³-hybridized carbons (Fsp3) is 0.476. The molecule has 0 amide bonds. The van der Waals surface area contributed by atoms with E-state index in [0.29, 0.717) is 5.69 Å². The predicted octanol–water partition coefficient (Wildman–Crippen LogP) is 3.80. The summed E-state index contributed by atoms with van der Waals surface area (Å²) in [4.78, 5) is 2.56. The number of benzene rings is 1. The quantitative estimate of drug-likeness (QED) is 0.456. The molecule has 0 N–H and O–H groups in total. The van der Waals surface area contributed by atoms with Crippen molar-refractivity contribution >= 4 is 0 Å². The molecule has 1 aliphatic heterocycles. The van der Waals surface area contributed by atoms with Crippen LogP contribution in [0.4, 0.5) is 0 Å². The smallest absolute Gasteiger partial charge is 0.190 e. The van der Waals surface area contributed by atoms with Gasteiger partial charge in [0.25, 0.3) is 0 Å². The van der Waals surface area contributed by atoms with E-state index in [1.165, 1.54) is 25.9 Å². The molecular weight excluding hydrogens is 312 g/mol. The highest BCUT2D eigenvalue weighted by atomic mass is 16.5. The number of hydrogen-bond donors (Lipinski definition) is 0. The number of pyridine rings is 1. The Morgan fingerprint density at radius 2 is 2.00 bits per heavy atom. The van der Waals surface area contributed by atoms with E-state index < -0.39 is 0 Å². The standard InChI is InChI=1S/C21H28N2O2/c1-17-5-3-11-22(16-17)12-4-14-25-21-8-6-19(7-9-21)20-10-13-23(24)18(2)15-20/h6-10,13,15,17H,3-5,11-12,14,16H2,1-2H3. The van der Waals surface area contributed by atoms with Gasteiger partial charge < -0.3 is 14.8 Å². The lowest BCUT2D eigenvalue weighted by Gasteiger charge is -2.30. The highest BCUT2D eigenvalue weighted by molar-refractivity contribution is 5.63. The van der Waals surface area contributed by atoms with Gasteiger partial charge >= 0.3 is 0 Å². The number of rotatable bonds is 6. The fourth-order valence-electron chi connectivity index (χ4n) is 3.49. The maximum absolute atomic E-state index is 11.4. The van der Waals surface area contributed by atoms with Crippen molar-refractivity contribution in [3.8, 4) is 16.9 Å². The first-order valence-corrected chi connectivity index (χ1v) is 9.27. The van der Waals surface area contributed by atoms with E-state index in [9.17, 15) is 5.21 Å². The van der Waals surface area contributed by atoms with E-state index in [2.05, 4.69) is 11.8 Å². The molecule has 0 spiro atoms. The second kappa shape index (κ2) is 8.34. The van der Waals surface area contributed by atoms with E-state index in [0.717, 1.165) is 47.1 Å². The Hall–Kier alpha value is -2.07. The van der Waals surface area contributed by atoms with Gasteiger partial charge in [0.1, 0.15) is 5.75 Å². The first-order chi connectivity index (χ1) is 12.1. The minimum absolute atomic E-state index is 0.699. The lowest BCUT2D eigenvalue weighted by Crippen LogP contribution is -2.35. The second-order valence-electron chi connectivity index (χ2n) is 7.16. The first kappa shape index (κ1) is 17.7. The number of likely N-dealkylation sites (tertiary alicyclic amines) is 1. The summed E-state index contributed by atoms with van der Waals surface area (Å²) in [5.74, 6) is 1.74. The van der Waals surface area contributed by atoms with Gasteiger partial charge in [-0.1, -0.05) is 19.1 Å². The molecule has 1 unspecified atom stereocenters. The lowest BCUT2D eigenvalue weighted by atomic mass is 10.0. The van der Waals surface area contributed by atoms with Gasteiger partial charge in [-0.2, -0.15) is 4.73 Å². The molecule has 1 aromatic heterocycles. The van der Waals surface area contributed by atoms with Crippen molar-refractivity contribution in [2.45, 2.75) is 33.1 Å². The number of aromatic nitrogens is 1. The average Bonchev–Trinajstić information content (AvgIpc) is 2.62. The van der Waals surface area contributed by atoms with Gasteiger partial charge in [-0.3, -0.25) is 0 Å². The van der Waals surface area contributed by atoms with Gasteiger partial charge in [-0.05, 0) is 55.0 Å². The van der Waals surface area contributed by atoms with E-state index in [1.54, 1.807) is 6.20 Å². The summed E-state index contributed by atoms with van der Waals surface area (Å²) in [5, 5.41) is 11.4. The number of piperidine rings is 1. The van der Waals surface area contributed by atoms with Crippen molar-refractivity contribution in [1.82, 2.24) is 4.90 Å². The minimum atomic E-state index is 0.699. The molecule has 0 bridgehead atoms. The van der Waals surface area contributed by atoms with Crippen LogP contribution < -0.4 is 9.47 Å². The summed E-state index contributed by atoms with van der Waals surface area (Å²) >= 11 is 0. The van der Waals surface area contributed by atoms with Crippen LogP contribution in [-0.4, -0.2) is 31.1 Å². The molecule has 134 valence electrons. The zero-order valence-corrected chi connectivity index (χ0v) is 15.3. The van der Waals surface area contributed by atoms with Crippen LogP contribution in [0.5, 0.6) is 5.75 Å². The third-order valence-corrected chi connectivity index (χ3v) is 4.92. The molecule has 25 heavy (non-hydrogen) atoms. The molecule has 3 rings (SSSR count). The highest BCUT2D eigenvalue weighted by Gasteiger charge is 2.15. The Balaban J connectivity index is 1.47. The molecule has 0 aliphatic carbocycles. The summed E-state index contributed by atoms with van der Waals surface area (Å²) < 4.78 is 6.76. The van der Waals surface area contributed by atoms with Gasteiger partial charge in [0.05, 0.1) is 6.61 Å². The number of nitrogens with zero attached hydrogens (tertiary/aromatic N) is 2. The van der Waals surface area contributed by atoms with Crippen molar-refractivity contribution in [1.29, 1.82) is 0 Å². The van der Waals surface area contributed by atoms with Crippen LogP contribution in [-0.2, 0) is 0 Å². The van der Waals surface area contributed by atoms with Crippen molar-refractivity contribution in [2.75, 3.05) is 26.2 Å². The van der Waals surface area contributed by atoms with Gasteiger partial charge in [0.15, 0.2) is 11.9 Å². The normalized spacial score (nSPS) is 18.2. The predicted molar refractivity (Wildman–Crippen MR) is 101 cm³/mol. The lowest BCUT2D eigenvalue weighted by molar-refractivity contribution is -0.612. The first-order valence-electron chi connectivity index (χ1n) is 9.27. The molecule has 4 nitrogen and oxygen atoms in total. The maximum Gasteiger partial charge on any atom is 0.190 e. The summed E-state index contributed by atoms with van der Waals surface area (Å²) in [6, 6.07) is 11.9. The Kier molecular flexibility index (Phi) is 5.92. The molecule has 1 aliphatic rings. The van der Waals surface area contributed by atoms with Crippen LogP contribution in [0.15, 0.2) is 42.6 Å². The number of aryl methyl sites for hydroxylation is 1. The van der Waals surface area contributed by atoms with Crippen LogP contribution in [0.1, 0.15) is 31.9 Å².